The summed E-state index contributed by atoms with van der Waals surface area (Å²) in [6.45, 7) is 0. The summed E-state index contributed by atoms with van der Waals surface area (Å²) in [5.74, 6) is -1.17. The molecular weight excluding hydrogens is 257 g/mol. The third-order valence-electron chi connectivity index (χ3n) is 3.26. The van der Waals surface area contributed by atoms with Crippen molar-refractivity contribution in [3.63, 3.8) is 0 Å². The van der Waals surface area contributed by atoms with Gasteiger partial charge in [0.15, 0.2) is 9.84 Å². The van der Waals surface area contributed by atoms with Gasteiger partial charge in [0.2, 0.25) is 0 Å². The van der Waals surface area contributed by atoms with Crippen molar-refractivity contribution < 1.29 is 17.6 Å². The first-order chi connectivity index (χ1) is 8.36. The highest BCUT2D eigenvalue weighted by Gasteiger charge is 2.71. The van der Waals surface area contributed by atoms with Crippen LogP contribution in [-0.4, -0.2) is 26.2 Å². The zero-order valence-electron chi connectivity index (χ0n) is 9.50. The molecule has 0 saturated heterocycles. The number of nitriles is 1. The first-order valence-corrected chi connectivity index (χ1v) is 7.14. The standard InChI is InChI=1S/C12H10FNO3S/c1-18(16,17)11-10(12(11,6-14)7-15)8-2-4-9(13)5-3-8/h2-5,7,10-11H,1H3. The van der Waals surface area contributed by atoms with Crippen LogP contribution >= 0.6 is 0 Å². The fourth-order valence-electron chi connectivity index (χ4n) is 2.40. The SMILES string of the molecule is CS(=O)(=O)C1C(c2ccc(F)cc2)C1(C#N)C=O. The maximum Gasteiger partial charge on any atom is 0.153 e. The maximum absolute atomic E-state index is 12.8. The summed E-state index contributed by atoms with van der Waals surface area (Å²) >= 11 is 0. The Morgan fingerprint density at radius 1 is 1.39 bits per heavy atom. The van der Waals surface area contributed by atoms with Crippen LogP contribution in [0.2, 0.25) is 0 Å². The third-order valence-corrected chi connectivity index (χ3v) is 4.84. The van der Waals surface area contributed by atoms with Gasteiger partial charge in [0.05, 0.1) is 11.3 Å². The summed E-state index contributed by atoms with van der Waals surface area (Å²) in [4.78, 5) is 11.1. The molecule has 0 bridgehead atoms. The Hall–Kier alpha value is -1.74. The number of hydrogen-bond donors (Lipinski definition) is 0. The molecule has 1 aromatic carbocycles. The molecule has 3 atom stereocenters. The van der Waals surface area contributed by atoms with E-state index in [1.165, 1.54) is 24.3 Å². The van der Waals surface area contributed by atoms with Crippen LogP contribution in [0, 0.1) is 22.6 Å². The van der Waals surface area contributed by atoms with Crippen molar-refractivity contribution >= 4 is 16.1 Å². The first kappa shape index (κ1) is 12.7. The van der Waals surface area contributed by atoms with Gasteiger partial charge in [-0.3, -0.25) is 0 Å². The molecular formula is C12H10FNO3S. The highest BCUT2D eigenvalue weighted by molar-refractivity contribution is 7.91. The number of benzene rings is 1. The number of carbonyl (C=O) groups excluding carboxylic acids is 1. The van der Waals surface area contributed by atoms with Crippen molar-refractivity contribution in [3.8, 4) is 6.07 Å². The Morgan fingerprint density at radius 2 is 1.94 bits per heavy atom. The molecule has 1 aliphatic carbocycles. The lowest BCUT2D eigenvalue weighted by Gasteiger charge is -1.99. The monoisotopic (exact) mass is 267 g/mol. The second-order valence-corrected chi connectivity index (χ2v) is 6.61. The minimum atomic E-state index is -3.52. The summed E-state index contributed by atoms with van der Waals surface area (Å²) in [6.07, 6.45) is 1.38. The molecule has 1 aliphatic rings. The number of nitrogens with zero attached hydrogens (tertiary/aromatic N) is 1. The molecule has 0 amide bonds. The van der Waals surface area contributed by atoms with E-state index in [0.717, 1.165) is 6.26 Å². The average Bonchev–Trinajstić information content (AvgIpc) is 3.00. The molecule has 0 N–H and O–H groups in total. The molecule has 0 radical (unpaired) electrons. The molecule has 1 saturated carbocycles. The van der Waals surface area contributed by atoms with Gasteiger partial charge in [0.25, 0.3) is 0 Å². The normalized spacial score (nSPS) is 30.5. The van der Waals surface area contributed by atoms with E-state index in [1.807, 2.05) is 0 Å². The number of rotatable bonds is 3. The van der Waals surface area contributed by atoms with Gasteiger partial charge in [-0.1, -0.05) is 12.1 Å². The van der Waals surface area contributed by atoms with Gasteiger partial charge in [-0.05, 0) is 17.7 Å². The van der Waals surface area contributed by atoms with E-state index in [9.17, 15) is 17.6 Å². The fourth-order valence-corrected chi connectivity index (χ4v) is 4.16. The molecule has 0 aliphatic heterocycles. The van der Waals surface area contributed by atoms with Crippen LogP contribution in [0.25, 0.3) is 0 Å². The number of halogens is 1. The van der Waals surface area contributed by atoms with E-state index in [2.05, 4.69) is 0 Å². The molecule has 1 aromatic rings. The molecule has 18 heavy (non-hydrogen) atoms. The van der Waals surface area contributed by atoms with E-state index in [0.29, 0.717) is 11.8 Å². The van der Waals surface area contributed by atoms with Crippen molar-refractivity contribution in [2.45, 2.75) is 11.2 Å². The van der Waals surface area contributed by atoms with Crippen LogP contribution in [0.15, 0.2) is 24.3 Å². The number of carbonyl (C=O) groups is 1. The third kappa shape index (κ3) is 1.71. The van der Waals surface area contributed by atoms with Gasteiger partial charge in [-0.15, -0.1) is 0 Å². The van der Waals surface area contributed by atoms with E-state index in [4.69, 9.17) is 5.26 Å². The molecule has 3 unspecified atom stereocenters. The highest BCUT2D eigenvalue weighted by Crippen LogP contribution is 2.61. The zero-order valence-corrected chi connectivity index (χ0v) is 10.3. The Balaban J connectivity index is 2.49. The minimum absolute atomic E-state index is 0.382. The van der Waals surface area contributed by atoms with E-state index in [-0.39, 0.29) is 0 Å². The Kier molecular flexibility index (Phi) is 2.74. The number of sulfone groups is 1. The quantitative estimate of drug-likeness (QED) is 0.767. The van der Waals surface area contributed by atoms with Crippen LogP contribution in [-0.2, 0) is 14.6 Å². The van der Waals surface area contributed by atoms with Gasteiger partial charge < -0.3 is 4.79 Å². The van der Waals surface area contributed by atoms with Gasteiger partial charge in [0.1, 0.15) is 17.5 Å². The molecule has 1 fully saturated rings. The Bertz CT molecular complexity index is 632. The smallest absolute Gasteiger partial charge is 0.153 e. The van der Waals surface area contributed by atoms with Crippen molar-refractivity contribution in [1.29, 1.82) is 5.26 Å². The van der Waals surface area contributed by atoms with E-state index >= 15 is 0 Å². The number of hydrogen-bond acceptors (Lipinski definition) is 4. The summed E-state index contributed by atoms with van der Waals surface area (Å²) in [7, 11) is -3.52. The second kappa shape index (κ2) is 3.89. The van der Waals surface area contributed by atoms with Crippen LogP contribution < -0.4 is 0 Å². The fraction of sp³-hybridized carbons (Fsp3) is 0.333. The van der Waals surface area contributed by atoms with Crippen LogP contribution in [0.4, 0.5) is 4.39 Å². The minimum Gasteiger partial charge on any atom is -0.302 e. The molecule has 4 nitrogen and oxygen atoms in total. The van der Waals surface area contributed by atoms with Crippen molar-refractivity contribution in [1.82, 2.24) is 0 Å². The molecule has 0 aromatic heterocycles. The van der Waals surface area contributed by atoms with E-state index in [1.54, 1.807) is 6.07 Å². The summed E-state index contributed by atoms with van der Waals surface area (Å²) < 4.78 is 36.0. The van der Waals surface area contributed by atoms with Crippen molar-refractivity contribution in [2.75, 3.05) is 6.26 Å². The second-order valence-electron chi connectivity index (χ2n) is 4.44. The van der Waals surface area contributed by atoms with Gasteiger partial charge >= 0.3 is 0 Å². The predicted molar refractivity (Wildman–Crippen MR) is 61.9 cm³/mol. The average molecular weight is 267 g/mol. The topological polar surface area (TPSA) is 75.0 Å². The maximum atomic E-state index is 12.8. The highest BCUT2D eigenvalue weighted by atomic mass is 32.2. The van der Waals surface area contributed by atoms with E-state index < -0.39 is 32.2 Å². The predicted octanol–water partition coefficient (Wildman–Crippen LogP) is 1.04. The molecule has 0 heterocycles. The van der Waals surface area contributed by atoms with Crippen LogP contribution in [0.3, 0.4) is 0 Å². The Labute approximate surface area is 104 Å². The Morgan fingerprint density at radius 3 is 2.28 bits per heavy atom. The van der Waals surface area contributed by atoms with Gasteiger partial charge in [-0.2, -0.15) is 5.26 Å². The summed E-state index contributed by atoms with van der Waals surface area (Å²) in [6, 6.07) is 6.95. The summed E-state index contributed by atoms with van der Waals surface area (Å²) in [5.41, 5.74) is -1.05. The van der Waals surface area contributed by atoms with Crippen molar-refractivity contribution in [3.05, 3.63) is 35.6 Å². The lowest BCUT2D eigenvalue weighted by atomic mass is 10.0. The van der Waals surface area contributed by atoms with Crippen molar-refractivity contribution in [2.24, 2.45) is 5.41 Å². The van der Waals surface area contributed by atoms with Crippen LogP contribution in [0.1, 0.15) is 11.5 Å². The van der Waals surface area contributed by atoms with Gasteiger partial charge in [-0.25, -0.2) is 12.8 Å². The molecule has 0 spiro atoms. The molecule has 2 rings (SSSR count). The lowest BCUT2D eigenvalue weighted by molar-refractivity contribution is -0.110. The lowest BCUT2D eigenvalue weighted by Crippen LogP contribution is -2.14. The van der Waals surface area contributed by atoms with Crippen LogP contribution in [0.5, 0.6) is 0 Å². The van der Waals surface area contributed by atoms with Gasteiger partial charge in [0, 0.05) is 12.2 Å². The number of aldehydes is 1. The summed E-state index contributed by atoms with van der Waals surface area (Å²) in [5, 5.41) is 8.01. The zero-order chi connectivity index (χ0) is 13.6. The first-order valence-electron chi connectivity index (χ1n) is 5.18. The largest absolute Gasteiger partial charge is 0.302 e. The molecule has 94 valence electrons. The molecule has 6 heteroatoms.